The van der Waals surface area contributed by atoms with Crippen LogP contribution in [0.25, 0.3) is 0 Å². The van der Waals surface area contributed by atoms with Crippen LogP contribution in [-0.4, -0.2) is 43.4 Å². The fraction of sp³-hybridized carbons (Fsp3) is 0.333. The number of hydrogen-bond donors (Lipinski definition) is 3. The number of non-ortho nitro benzene ring substituents is 1. The number of hydrogen-bond acceptors (Lipinski definition) is 6. The molecule has 0 fully saturated rings. The molecule has 0 aliphatic rings. The molecule has 0 aliphatic heterocycles. The Morgan fingerprint density at radius 1 is 1.30 bits per heavy atom. The number of sulfonamides is 1. The first kappa shape index (κ1) is 18.5. The molecule has 1 atom stereocenters. The lowest BCUT2D eigenvalue weighted by Gasteiger charge is -2.14. The van der Waals surface area contributed by atoms with Crippen molar-refractivity contribution in [2.45, 2.75) is 23.8 Å². The predicted molar refractivity (Wildman–Crippen MR) is 78.1 cm³/mol. The van der Waals surface area contributed by atoms with Gasteiger partial charge in [0.1, 0.15) is 6.04 Å². The fourth-order valence-electron chi connectivity index (χ4n) is 1.64. The summed E-state index contributed by atoms with van der Waals surface area (Å²) >= 11 is 0. The molecule has 1 rings (SSSR count). The maximum atomic E-state index is 12.1. The molecule has 1 aromatic carbocycles. The smallest absolute Gasteiger partial charge is 0.321 e. The standard InChI is InChI=1S/C12H15N3O7S/c1-13-11(16)7-6-10(12(17)18)14-23(21,22)9-4-2-8(3-5-9)15(19)20/h2-5,10,14H,6-7H2,1H3,(H,13,16)(H,17,18)/t10-/m1/s1. The summed E-state index contributed by atoms with van der Waals surface area (Å²) in [5, 5.41) is 21.9. The van der Waals surface area contributed by atoms with Gasteiger partial charge in [-0.15, -0.1) is 0 Å². The summed E-state index contributed by atoms with van der Waals surface area (Å²) in [6, 6.07) is 2.49. The Hall–Kier alpha value is -2.53. The molecule has 0 aromatic heterocycles. The molecule has 126 valence electrons. The van der Waals surface area contributed by atoms with E-state index in [9.17, 15) is 28.1 Å². The molecule has 1 amide bonds. The van der Waals surface area contributed by atoms with Crippen molar-refractivity contribution in [1.82, 2.24) is 10.0 Å². The number of carboxylic acids is 1. The highest BCUT2D eigenvalue weighted by Crippen LogP contribution is 2.16. The van der Waals surface area contributed by atoms with Crippen molar-refractivity contribution in [1.29, 1.82) is 0 Å². The van der Waals surface area contributed by atoms with Crippen molar-refractivity contribution in [2.24, 2.45) is 0 Å². The van der Waals surface area contributed by atoms with Gasteiger partial charge in [-0.2, -0.15) is 4.72 Å². The topological polar surface area (TPSA) is 156 Å². The van der Waals surface area contributed by atoms with Crippen LogP contribution in [0.5, 0.6) is 0 Å². The number of carbonyl (C=O) groups excluding carboxylic acids is 1. The summed E-state index contributed by atoms with van der Waals surface area (Å²) in [6.45, 7) is 0. The second-order valence-electron chi connectivity index (χ2n) is 4.47. The van der Waals surface area contributed by atoms with E-state index in [4.69, 9.17) is 5.11 Å². The van der Waals surface area contributed by atoms with Crippen LogP contribution in [0.3, 0.4) is 0 Å². The second-order valence-corrected chi connectivity index (χ2v) is 6.19. The summed E-state index contributed by atoms with van der Waals surface area (Å²) in [5.74, 6) is -1.86. The van der Waals surface area contributed by atoms with E-state index in [0.29, 0.717) is 0 Å². The molecule has 0 aliphatic carbocycles. The van der Waals surface area contributed by atoms with Gasteiger partial charge in [-0.3, -0.25) is 19.7 Å². The van der Waals surface area contributed by atoms with Gasteiger partial charge in [0.15, 0.2) is 0 Å². The number of rotatable bonds is 8. The zero-order chi connectivity index (χ0) is 17.6. The van der Waals surface area contributed by atoms with Crippen LogP contribution in [0.1, 0.15) is 12.8 Å². The molecule has 11 heteroatoms. The number of benzene rings is 1. The summed E-state index contributed by atoms with van der Waals surface area (Å²) in [7, 11) is -2.81. The van der Waals surface area contributed by atoms with Crippen LogP contribution in [0.2, 0.25) is 0 Å². The summed E-state index contributed by atoms with van der Waals surface area (Å²) in [5.41, 5.74) is -0.293. The van der Waals surface area contributed by atoms with Gasteiger partial charge in [0.25, 0.3) is 5.69 Å². The lowest BCUT2D eigenvalue weighted by atomic mass is 10.1. The molecular formula is C12H15N3O7S. The van der Waals surface area contributed by atoms with Crippen molar-refractivity contribution in [3.63, 3.8) is 0 Å². The maximum absolute atomic E-state index is 12.1. The van der Waals surface area contributed by atoms with Crippen molar-refractivity contribution in [3.05, 3.63) is 34.4 Å². The number of nitrogens with zero attached hydrogens (tertiary/aromatic N) is 1. The van der Waals surface area contributed by atoms with E-state index in [1.165, 1.54) is 7.05 Å². The third-order valence-corrected chi connectivity index (χ3v) is 4.38. The molecule has 0 heterocycles. The van der Waals surface area contributed by atoms with E-state index in [0.717, 1.165) is 24.3 Å². The highest BCUT2D eigenvalue weighted by atomic mass is 32.2. The van der Waals surface area contributed by atoms with Gasteiger partial charge in [-0.25, -0.2) is 8.42 Å². The zero-order valence-electron chi connectivity index (χ0n) is 12.1. The average Bonchev–Trinajstić information content (AvgIpc) is 2.50. The largest absolute Gasteiger partial charge is 0.480 e. The van der Waals surface area contributed by atoms with E-state index in [-0.39, 0.29) is 23.4 Å². The maximum Gasteiger partial charge on any atom is 0.321 e. The number of nitro groups is 1. The Morgan fingerprint density at radius 2 is 1.87 bits per heavy atom. The highest BCUT2D eigenvalue weighted by molar-refractivity contribution is 7.89. The van der Waals surface area contributed by atoms with Gasteiger partial charge in [-0.1, -0.05) is 0 Å². The number of amides is 1. The Balaban J connectivity index is 2.90. The second kappa shape index (κ2) is 7.65. The van der Waals surface area contributed by atoms with Gasteiger partial charge in [0.2, 0.25) is 15.9 Å². The number of carbonyl (C=O) groups is 2. The summed E-state index contributed by atoms with van der Waals surface area (Å²) in [4.78, 5) is 31.8. The Morgan fingerprint density at radius 3 is 2.30 bits per heavy atom. The van der Waals surface area contributed by atoms with Crippen molar-refractivity contribution < 1.29 is 28.0 Å². The highest BCUT2D eigenvalue weighted by Gasteiger charge is 2.26. The van der Waals surface area contributed by atoms with E-state index >= 15 is 0 Å². The minimum absolute atomic E-state index is 0.170. The summed E-state index contributed by atoms with van der Waals surface area (Å²) in [6.07, 6.45) is -0.405. The molecule has 3 N–H and O–H groups in total. The summed E-state index contributed by atoms with van der Waals surface area (Å²) < 4.78 is 26.2. The average molecular weight is 345 g/mol. The van der Waals surface area contributed by atoms with E-state index in [1.54, 1.807) is 0 Å². The minimum Gasteiger partial charge on any atom is -0.480 e. The van der Waals surface area contributed by atoms with E-state index in [2.05, 4.69) is 5.32 Å². The Kier molecular flexibility index (Phi) is 6.16. The predicted octanol–water partition coefficient (Wildman–Crippen LogP) is -0.147. The molecule has 0 unspecified atom stereocenters. The van der Waals surface area contributed by atoms with Crippen LogP contribution in [0.4, 0.5) is 5.69 Å². The van der Waals surface area contributed by atoms with Crippen LogP contribution >= 0.6 is 0 Å². The van der Waals surface area contributed by atoms with Gasteiger partial charge in [0.05, 0.1) is 9.82 Å². The van der Waals surface area contributed by atoms with E-state index < -0.39 is 32.9 Å². The first-order valence-corrected chi connectivity index (χ1v) is 7.86. The van der Waals surface area contributed by atoms with Gasteiger partial charge in [0, 0.05) is 25.6 Å². The number of carboxylic acid groups (broad SMARTS) is 1. The first-order valence-electron chi connectivity index (χ1n) is 6.37. The van der Waals surface area contributed by atoms with Crippen molar-refractivity contribution in [3.8, 4) is 0 Å². The molecule has 0 bridgehead atoms. The van der Waals surface area contributed by atoms with Crippen LogP contribution < -0.4 is 10.0 Å². The Labute approximate surface area is 131 Å². The molecule has 0 saturated heterocycles. The fourth-order valence-corrected chi connectivity index (χ4v) is 2.86. The zero-order valence-corrected chi connectivity index (χ0v) is 12.9. The molecule has 0 radical (unpaired) electrons. The van der Waals surface area contributed by atoms with Gasteiger partial charge >= 0.3 is 5.97 Å². The third kappa shape index (κ3) is 5.30. The molecule has 0 spiro atoms. The van der Waals surface area contributed by atoms with Crippen LogP contribution in [0.15, 0.2) is 29.2 Å². The molecular weight excluding hydrogens is 330 g/mol. The van der Waals surface area contributed by atoms with E-state index in [1.807, 2.05) is 4.72 Å². The van der Waals surface area contributed by atoms with Gasteiger partial charge in [-0.05, 0) is 18.6 Å². The monoisotopic (exact) mass is 345 g/mol. The molecule has 10 nitrogen and oxygen atoms in total. The Bertz CT molecular complexity index is 700. The number of nitrogens with one attached hydrogen (secondary N) is 2. The molecule has 23 heavy (non-hydrogen) atoms. The van der Waals surface area contributed by atoms with Crippen molar-refractivity contribution in [2.75, 3.05) is 7.05 Å². The molecule has 0 saturated carbocycles. The SMILES string of the molecule is CNC(=O)CC[C@@H](NS(=O)(=O)c1ccc([N+](=O)[O-])cc1)C(=O)O. The lowest BCUT2D eigenvalue weighted by Crippen LogP contribution is -2.41. The first-order chi connectivity index (χ1) is 10.7. The molecule has 1 aromatic rings. The number of aliphatic carboxylic acids is 1. The van der Waals surface area contributed by atoms with Crippen LogP contribution in [0, 0.1) is 10.1 Å². The van der Waals surface area contributed by atoms with Gasteiger partial charge < -0.3 is 10.4 Å². The van der Waals surface area contributed by atoms with Crippen LogP contribution in [-0.2, 0) is 19.6 Å². The van der Waals surface area contributed by atoms with Crippen molar-refractivity contribution >= 4 is 27.6 Å². The third-order valence-electron chi connectivity index (χ3n) is 2.89. The lowest BCUT2D eigenvalue weighted by molar-refractivity contribution is -0.384. The minimum atomic E-state index is -4.19. The number of nitro benzene ring substituents is 1. The normalized spacial score (nSPS) is 12.4. The quantitative estimate of drug-likeness (QED) is 0.437.